The molecule has 4 nitrogen and oxygen atoms in total. The van der Waals surface area contributed by atoms with Crippen LogP contribution in [0.15, 0.2) is 71.7 Å². The van der Waals surface area contributed by atoms with Gasteiger partial charge in [-0.3, -0.25) is 9.79 Å². The van der Waals surface area contributed by atoms with Gasteiger partial charge in [0.15, 0.2) is 0 Å². The molecule has 1 aliphatic rings. The van der Waals surface area contributed by atoms with E-state index in [9.17, 15) is 26.7 Å². The van der Waals surface area contributed by atoms with Gasteiger partial charge in [-0.25, -0.2) is 8.78 Å². The van der Waals surface area contributed by atoms with Crippen molar-refractivity contribution in [2.45, 2.75) is 51.6 Å². The molecule has 200 valence electrons. The van der Waals surface area contributed by atoms with Gasteiger partial charge in [-0.15, -0.1) is 13.2 Å². The molecule has 1 unspecified atom stereocenters. The maximum absolute atomic E-state index is 14.5. The molecule has 0 aliphatic carbocycles. The van der Waals surface area contributed by atoms with E-state index in [-0.39, 0.29) is 29.5 Å². The van der Waals surface area contributed by atoms with Gasteiger partial charge in [0.05, 0.1) is 17.5 Å². The SMILES string of the molecule is CCC(CC)OC(=O)[C@H]1CC(c2c(F)cccc2F)=NC1c1ccc(-c2ccc(OC(F)(F)F)cc2)cc1. The van der Waals surface area contributed by atoms with E-state index in [0.29, 0.717) is 29.5 Å². The third-order valence-electron chi connectivity index (χ3n) is 6.51. The van der Waals surface area contributed by atoms with E-state index in [1.165, 1.54) is 30.3 Å². The van der Waals surface area contributed by atoms with Gasteiger partial charge < -0.3 is 9.47 Å². The zero-order valence-electron chi connectivity index (χ0n) is 20.8. The number of alkyl halides is 3. The summed E-state index contributed by atoms with van der Waals surface area (Å²) >= 11 is 0. The minimum absolute atomic E-state index is 0.0178. The predicted molar refractivity (Wildman–Crippen MR) is 133 cm³/mol. The van der Waals surface area contributed by atoms with E-state index < -0.39 is 35.9 Å². The first-order valence-corrected chi connectivity index (χ1v) is 12.3. The lowest BCUT2D eigenvalue weighted by atomic mass is 9.90. The van der Waals surface area contributed by atoms with Crippen LogP contribution < -0.4 is 4.74 Å². The van der Waals surface area contributed by atoms with Crippen molar-refractivity contribution in [3.05, 3.63) is 89.5 Å². The molecule has 0 saturated heterocycles. The van der Waals surface area contributed by atoms with Gasteiger partial charge in [0, 0.05) is 12.1 Å². The summed E-state index contributed by atoms with van der Waals surface area (Å²) in [5.74, 6) is -3.10. The molecule has 0 aromatic heterocycles. The first-order valence-electron chi connectivity index (χ1n) is 12.3. The number of carbonyl (C=O) groups excluding carboxylic acids is 1. The summed E-state index contributed by atoms with van der Waals surface area (Å²) in [4.78, 5) is 17.7. The van der Waals surface area contributed by atoms with Gasteiger partial charge in [-0.2, -0.15) is 0 Å². The summed E-state index contributed by atoms with van der Waals surface area (Å²) in [6, 6.07) is 15.2. The van der Waals surface area contributed by atoms with Crippen LogP contribution in [0.3, 0.4) is 0 Å². The number of nitrogens with zero attached hydrogens (tertiary/aromatic N) is 1. The Morgan fingerprint density at radius 2 is 1.47 bits per heavy atom. The Morgan fingerprint density at radius 1 is 0.921 bits per heavy atom. The number of esters is 1. The van der Waals surface area contributed by atoms with Gasteiger partial charge >= 0.3 is 12.3 Å². The number of carbonyl (C=O) groups is 1. The van der Waals surface area contributed by atoms with Gasteiger partial charge in [-0.1, -0.05) is 56.3 Å². The molecule has 1 aliphatic heterocycles. The van der Waals surface area contributed by atoms with E-state index in [2.05, 4.69) is 9.73 Å². The van der Waals surface area contributed by atoms with Crippen molar-refractivity contribution in [2.75, 3.05) is 0 Å². The number of halogens is 5. The summed E-state index contributed by atoms with van der Waals surface area (Å²) in [7, 11) is 0. The van der Waals surface area contributed by atoms with E-state index in [0.717, 1.165) is 12.1 Å². The molecule has 0 bridgehead atoms. The number of hydrogen-bond donors (Lipinski definition) is 0. The Hall–Kier alpha value is -3.75. The van der Waals surface area contributed by atoms with Crippen LogP contribution >= 0.6 is 0 Å². The zero-order chi connectivity index (χ0) is 27.4. The molecule has 0 spiro atoms. The lowest BCUT2D eigenvalue weighted by molar-refractivity contribution is -0.274. The van der Waals surface area contributed by atoms with Crippen molar-refractivity contribution in [1.29, 1.82) is 0 Å². The number of rotatable bonds is 8. The van der Waals surface area contributed by atoms with Crippen molar-refractivity contribution in [1.82, 2.24) is 0 Å². The molecule has 3 aromatic rings. The van der Waals surface area contributed by atoms with Crippen LogP contribution in [0.4, 0.5) is 22.0 Å². The molecule has 1 heterocycles. The van der Waals surface area contributed by atoms with E-state index >= 15 is 0 Å². The van der Waals surface area contributed by atoms with Crippen LogP contribution in [0, 0.1) is 17.6 Å². The average molecular weight is 532 g/mol. The lowest BCUT2D eigenvalue weighted by Crippen LogP contribution is -2.26. The quantitative estimate of drug-likeness (QED) is 0.220. The fourth-order valence-electron chi connectivity index (χ4n) is 4.52. The molecule has 38 heavy (non-hydrogen) atoms. The Labute approximate surface area is 217 Å². The third kappa shape index (κ3) is 6.20. The largest absolute Gasteiger partial charge is 0.573 e. The molecule has 0 N–H and O–H groups in total. The van der Waals surface area contributed by atoms with Crippen molar-refractivity contribution in [2.24, 2.45) is 10.9 Å². The molecular formula is C29H26F5NO3. The Kier molecular flexibility index (Phi) is 8.14. The molecule has 2 atom stereocenters. The molecule has 4 rings (SSSR count). The van der Waals surface area contributed by atoms with Crippen molar-refractivity contribution < 1.29 is 36.2 Å². The Balaban J connectivity index is 1.63. The first kappa shape index (κ1) is 27.3. The maximum Gasteiger partial charge on any atom is 0.573 e. The van der Waals surface area contributed by atoms with Gasteiger partial charge in [-0.05, 0) is 53.8 Å². The van der Waals surface area contributed by atoms with Crippen molar-refractivity contribution >= 4 is 11.7 Å². The van der Waals surface area contributed by atoms with Crippen LogP contribution in [0.25, 0.3) is 11.1 Å². The summed E-state index contributed by atoms with van der Waals surface area (Å²) in [5.41, 5.74) is 1.91. The van der Waals surface area contributed by atoms with Crippen molar-refractivity contribution in [3.63, 3.8) is 0 Å². The number of benzene rings is 3. The minimum Gasteiger partial charge on any atom is -0.462 e. The fourth-order valence-corrected chi connectivity index (χ4v) is 4.52. The molecular weight excluding hydrogens is 505 g/mol. The predicted octanol–water partition coefficient (Wildman–Crippen LogP) is 7.81. The molecule has 9 heteroatoms. The van der Waals surface area contributed by atoms with Crippen LogP contribution in [0.2, 0.25) is 0 Å². The maximum atomic E-state index is 14.5. The Bertz CT molecular complexity index is 1280. The highest BCUT2D eigenvalue weighted by molar-refractivity contribution is 6.04. The van der Waals surface area contributed by atoms with Crippen molar-refractivity contribution in [3.8, 4) is 16.9 Å². The second-order valence-corrected chi connectivity index (χ2v) is 9.00. The van der Waals surface area contributed by atoms with E-state index in [4.69, 9.17) is 4.74 Å². The first-order chi connectivity index (χ1) is 18.1. The highest BCUT2D eigenvalue weighted by atomic mass is 19.4. The minimum atomic E-state index is -4.78. The summed E-state index contributed by atoms with van der Waals surface area (Å²) in [6.07, 6.45) is -3.76. The highest BCUT2D eigenvalue weighted by Gasteiger charge is 2.39. The molecule has 3 aromatic carbocycles. The van der Waals surface area contributed by atoms with E-state index in [1.54, 1.807) is 24.3 Å². The van der Waals surface area contributed by atoms with Gasteiger partial charge in [0.25, 0.3) is 0 Å². The standard InChI is InChI=1S/C29H26F5NO3/c1-3-20(4-2)37-28(36)22-16-25(26-23(30)6-5-7-24(26)31)35-27(22)19-10-8-17(9-11-19)18-12-14-21(15-13-18)38-29(32,33)34/h5-15,20,22,27H,3-4,16H2,1-2H3/t22-,27?/m0/s1. The third-order valence-corrected chi connectivity index (χ3v) is 6.51. The molecule has 0 radical (unpaired) electrons. The normalized spacial score (nSPS) is 17.4. The summed E-state index contributed by atoms with van der Waals surface area (Å²) in [6.45, 7) is 3.81. The molecule has 0 amide bonds. The van der Waals surface area contributed by atoms with Crippen LogP contribution in [-0.4, -0.2) is 24.1 Å². The second kappa shape index (κ2) is 11.3. The molecule has 0 saturated carbocycles. The number of aliphatic imine (C=N–C) groups is 1. The summed E-state index contributed by atoms with van der Waals surface area (Å²) < 4.78 is 75.9. The molecule has 0 fully saturated rings. The summed E-state index contributed by atoms with van der Waals surface area (Å²) in [5, 5.41) is 0. The zero-order valence-corrected chi connectivity index (χ0v) is 20.8. The Morgan fingerprint density at radius 3 is 2.00 bits per heavy atom. The second-order valence-electron chi connectivity index (χ2n) is 9.00. The lowest BCUT2D eigenvalue weighted by Gasteiger charge is -2.21. The number of hydrogen-bond acceptors (Lipinski definition) is 4. The number of ether oxygens (including phenoxy) is 2. The van der Waals surface area contributed by atoms with Crippen LogP contribution in [0.1, 0.15) is 50.3 Å². The van der Waals surface area contributed by atoms with Crippen LogP contribution in [-0.2, 0) is 9.53 Å². The van der Waals surface area contributed by atoms with Gasteiger partial charge in [0.2, 0.25) is 0 Å². The fraction of sp³-hybridized carbons (Fsp3) is 0.310. The smallest absolute Gasteiger partial charge is 0.462 e. The average Bonchev–Trinajstić information content (AvgIpc) is 3.32. The van der Waals surface area contributed by atoms with E-state index in [1.807, 2.05) is 13.8 Å². The monoisotopic (exact) mass is 531 g/mol. The van der Waals surface area contributed by atoms with Gasteiger partial charge in [0.1, 0.15) is 23.5 Å². The van der Waals surface area contributed by atoms with Crippen LogP contribution in [0.5, 0.6) is 5.75 Å². The topological polar surface area (TPSA) is 47.9 Å². The highest BCUT2D eigenvalue weighted by Crippen LogP contribution is 2.39.